The first-order chi connectivity index (χ1) is 9.67. The first-order valence-corrected chi connectivity index (χ1v) is 6.48. The first-order valence-electron chi connectivity index (χ1n) is 6.48. The smallest absolute Gasteiger partial charge is 0.242 e. The third-order valence-electron chi connectivity index (χ3n) is 3.33. The lowest BCUT2D eigenvalue weighted by molar-refractivity contribution is -0.121. The number of ether oxygens (including phenoxy) is 1. The van der Waals surface area contributed by atoms with Crippen molar-refractivity contribution >= 4 is 11.6 Å². The van der Waals surface area contributed by atoms with E-state index in [-0.39, 0.29) is 6.61 Å². The molecule has 0 bridgehead atoms. The molecule has 3 N–H and O–H groups in total. The number of nitrogens with zero attached hydrogens (tertiary/aromatic N) is 2. The number of amides is 1. The molecule has 6 nitrogen and oxygen atoms in total. The second-order valence-corrected chi connectivity index (χ2v) is 4.68. The summed E-state index contributed by atoms with van der Waals surface area (Å²) in [4.78, 5) is 13.4. The SMILES string of the molecule is CNCc1ccc(N2CCOCC2C(N)=O)c(C#N)c1. The van der Waals surface area contributed by atoms with Crippen LogP contribution in [0.2, 0.25) is 0 Å². The largest absolute Gasteiger partial charge is 0.377 e. The van der Waals surface area contributed by atoms with Gasteiger partial charge in [0.2, 0.25) is 5.91 Å². The maximum absolute atomic E-state index is 11.5. The van der Waals surface area contributed by atoms with Gasteiger partial charge in [0.1, 0.15) is 12.1 Å². The van der Waals surface area contributed by atoms with E-state index in [9.17, 15) is 10.1 Å². The normalized spacial score (nSPS) is 18.6. The Morgan fingerprint density at radius 3 is 3.10 bits per heavy atom. The first kappa shape index (κ1) is 14.3. The van der Waals surface area contributed by atoms with Gasteiger partial charge in [0.25, 0.3) is 0 Å². The molecule has 1 unspecified atom stereocenters. The van der Waals surface area contributed by atoms with E-state index >= 15 is 0 Å². The van der Waals surface area contributed by atoms with Gasteiger partial charge in [-0.25, -0.2) is 0 Å². The van der Waals surface area contributed by atoms with Crippen LogP contribution in [0.25, 0.3) is 0 Å². The van der Waals surface area contributed by atoms with Gasteiger partial charge in [0.05, 0.1) is 24.5 Å². The molecule has 6 heteroatoms. The number of carbonyl (C=O) groups is 1. The Morgan fingerprint density at radius 1 is 1.65 bits per heavy atom. The lowest BCUT2D eigenvalue weighted by Crippen LogP contribution is -2.52. The molecular formula is C14H18N4O2. The highest BCUT2D eigenvalue weighted by Gasteiger charge is 2.29. The number of nitriles is 1. The van der Waals surface area contributed by atoms with Gasteiger partial charge in [-0.15, -0.1) is 0 Å². The topological polar surface area (TPSA) is 91.4 Å². The Morgan fingerprint density at radius 2 is 2.45 bits per heavy atom. The van der Waals surface area contributed by atoms with Gasteiger partial charge < -0.3 is 20.7 Å². The molecular weight excluding hydrogens is 256 g/mol. The fourth-order valence-electron chi connectivity index (χ4n) is 2.37. The second kappa shape index (κ2) is 6.37. The minimum atomic E-state index is -0.522. The molecule has 1 aliphatic heterocycles. The van der Waals surface area contributed by atoms with Crippen molar-refractivity contribution in [2.24, 2.45) is 5.73 Å². The van der Waals surface area contributed by atoms with Crippen LogP contribution in [-0.2, 0) is 16.1 Å². The molecule has 1 aliphatic rings. The van der Waals surface area contributed by atoms with Crippen molar-refractivity contribution < 1.29 is 9.53 Å². The van der Waals surface area contributed by atoms with E-state index in [1.807, 2.05) is 30.1 Å². The van der Waals surface area contributed by atoms with Crippen molar-refractivity contribution in [1.29, 1.82) is 5.26 Å². The molecule has 0 aliphatic carbocycles. The summed E-state index contributed by atoms with van der Waals surface area (Å²) < 4.78 is 5.30. The van der Waals surface area contributed by atoms with Crippen molar-refractivity contribution in [3.8, 4) is 6.07 Å². The lowest BCUT2D eigenvalue weighted by Gasteiger charge is -2.35. The number of hydrogen-bond acceptors (Lipinski definition) is 5. The second-order valence-electron chi connectivity index (χ2n) is 4.68. The van der Waals surface area contributed by atoms with Crippen LogP contribution in [0.1, 0.15) is 11.1 Å². The zero-order valence-corrected chi connectivity index (χ0v) is 11.4. The Kier molecular flexibility index (Phi) is 4.56. The number of primary amides is 1. The van der Waals surface area contributed by atoms with Gasteiger partial charge >= 0.3 is 0 Å². The molecule has 1 heterocycles. The minimum Gasteiger partial charge on any atom is -0.377 e. The summed E-state index contributed by atoms with van der Waals surface area (Å²) >= 11 is 0. The van der Waals surface area contributed by atoms with E-state index in [2.05, 4.69) is 11.4 Å². The molecule has 0 spiro atoms. The molecule has 0 aromatic heterocycles. The van der Waals surface area contributed by atoms with Crippen LogP contribution in [0, 0.1) is 11.3 Å². The predicted octanol–water partition coefficient (Wildman–Crippen LogP) is -0.0318. The van der Waals surface area contributed by atoms with Gasteiger partial charge in [-0.05, 0) is 24.7 Å². The molecule has 1 aromatic carbocycles. The Labute approximate surface area is 118 Å². The molecule has 1 amide bonds. The quantitative estimate of drug-likeness (QED) is 0.804. The number of hydrogen-bond donors (Lipinski definition) is 2. The predicted molar refractivity (Wildman–Crippen MR) is 75.1 cm³/mol. The van der Waals surface area contributed by atoms with Crippen molar-refractivity contribution in [2.75, 3.05) is 31.7 Å². The number of rotatable bonds is 4. The molecule has 106 valence electrons. The molecule has 1 saturated heterocycles. The summed E-state index contributed by atoms with van der Waals surface area (Å²) in [5.74, 6) is -0.437. The fourth-order valence-corrected chi connectivity index (χ4v) is 2.37. The highest BCUT2D eigenvalue weighted by atomic mass is 16.5. The highest BCUT2D eigenvalue weighted by molar-refractivity contribution is 5.84. The van der Waals surface area contributed by atoms with Crippen LogP contribution in [-0.4, -0.2) is 38.8 Å². The van der Waals surface area contributed by atoms with Crippen molar-refractivity contribution in [1.82, 2.24) is 5.32 Å². The molecule has 0 saturated carbocycles. The van der Waals surface area contributed by atoms with Gasteiger partial charge in [-0.3, -0.25) is 4.79 Å². The highest BCUT2D eigenvalue weighted by Crippen LogP contribution is 2.25. The van der Waals surface area contributed by atoms with Gasteiger partial charge in [0.15, 0.2) is 0 Å². The fraction of sp³-hybridized carbons (Fsp3) is 0.429. The average Bonchev–Trinajstić information content (AvgIpc) is 2.47. The molecule has 1 aromatic rings. The van der Waals surface area contributed by atoms with Crippen LogP contribution >= 0.6 is 0 Å². The Balaban J connectivity index is 2.35. The van der Waals surface area contributed by atoms with E-state index < -0.39 is 11.9 Å². The maximum Gasteiger partial charge on any atom is 0.242 e. The van der Waals surface area contributed by atoms with Crippen LogP contribution in [0.4, 0.5) is 5.69 Å². The van der Waals surface area contributed by atoms with Crippen LogP contribution < -0.4 is 16.0 Å². The lowest BCUT2D eigenvalue weighted by atomic mass is 10.1. The van der Waals surface area contributed by atoms with E-state index in [0.29, 0.717) is 25.3 Å². The summed E-state index contributed by atoms with van der Waals surface area (Å²) in [6.45, 7) is 2.02. The Hall–Kier alpha value is -2.10. The molecule has 2 rings (SSSR count). The molecule has 0 radical (unpaired) electrons. The number of carbonyl (C=O) groups excluding carboxylic acids is 1. The zero-order chi connectivity index (χ0) is 14.5. The van der Waals surface area contributed by atoms with Gasteiger partial charge in [-0.1, -0.05) is 6.07 Å². The Bertz CT molecular complexity index is 538. The van der Waals surface area contributed by atoms with E-state index in [1.165, 1.54) is 0 Å². The monoisotopic (exact) mass is 274 g/mol. The summed E-state index contributed by atoms with van der Waals surface area (Å²) in [7, 11) is 1.85. The number of anilines is 1. The third kappa shape index (κ3) is 2.90. The standard InChI is InChI=1S/C14H18N4O2/c1-17-8-10-2-3-12(11(6-10)7-15)18-4-5-20-9-13(18)14(16)19/h2-3,6,13,17H,4-5,8-9H2,1H3,(H2,16,19). The van der Waals surface area contributed by atoms with Crippen LogP contribution in [0.3, 0.4) is 0 Å². The summed E-state index contributed by atoms with van der Waals surface area (Å²) in [5, 5.41) is 12.4. The zero-order valence-electron chi connectivity index (χ0n) is 11.4. The van der Waals surface area contributed by atoms with Crippen molar-refractivity contribution in [3.63, 3.8) is 0 Å². The summed E-state index contributed by atoms with van der Waals surface area (Å²) in [6.07, 6.45) is 0. The summed E-state index contributed by atoms with van der Waals surface area (Å²) in [5.41, 5.74) is 7.72. The number of benzene rings is 1. The molecule has 20 heavy (non-hydrogen) atoms. The van der Waals surface area contributed by atoms with Gasteiger partial charge in [0, 0.05) is 13.1 Å². The van der Waals surface area contributed by atoms with E-state index in [1.54, 1.807) is 0 Å². The number of morpholine rings is 1. The average molecular weight is 274 g/mol. The number of nitrogens with two attached hydrogens (primary N) is 1. The van der Waals surface area contributed by atoms with Crippen molar-refractivity contribution in [3.05, 3.63) is 29.3 Å². The third-order valence-corrected chi connectivity index (χ3v) is 3.33. The van der Waals surface area contributed by atoms with E-state index in [0.717, 1.165) is 11.3 Å². The van der Waals surface area contributed by atoms with E-state index in [4.69, 9.17) is 10.5 Å². The molecule has 1 fully saturated rings. The maximum atomic E-state index is 11.5. The van der Waals surface area contributed by atoms with Crippen LogP contribution in [0.15, 0.2) is 18.2 Å². The van der Waals surface area contributed by atoms with Crippen LogP contribution in [0.5, 0.6) is 0 Å². The molecule has 1 atom stereocenters. The number of nitrogens with one attached hydrogen (secondary N) is 1. The van der Waals surface area contributed by atoms with Crippen molar-refractivity contribution in [2.45, 2.75) is 12.6 Å². The van der Waals surface area contributed by atoms with Gasteiger partial charge in [-0.2, -0.15) is 5.26 Å². The minimum absolute atomic E-state index is 0.262. The summed E-state index contributed by atoms with van der Waals surface area (Å²) in [6, 6.07) is 7.31.